The summed E-state index contributed by atoms with van der Waals surface area (Å²) in [6.45, 7) is 1.93. The van der Waals surface area contributed by atoms with Crippen LogP contribution >= 0.6 is 15.9 Å². The fourth-order valence-electron chi connectivity index (χ4n) is 1.55. The summed E-state index contributed by atoms with van der Waals surface area (Å²) >= 11 is 3.06. The summed E-state index contributed by atoms with van der Waals surface area (Å²) in [5.74, 6) is -0.427. The van der Waals surface area contributed by atoms with Crippen molar-refractivity contribution in [3.05, 3.63) is 46.3 Å². The van der Waals surface area contributed by atoms with E-state index < -0.39 is 11.8 Å². The van der Waals surface area contributed by atoms with Crippen LogP contribution in [-0.4, -0.2) is 17.6 Å². The number of pyridine rings is 1. The Morgan fingerprint density at radius 1 is 1.43 bits per heavy atom. The first-order chi connectivity index (χ1) is 10.0. The van der Waals surface area contributed by atoms with E-state index in [-0.39, 0.29) is 28.2 Å². The molecule has 1 heterocycles. The Bertz CT molecular complexity index is 679. The lowest BCUT2D eigenvalue weighted by Crippen LogP contribution is -2.08. The third-order valence-corrected chi connectivity index (χ3v) is 3.13. The molecule has 0 saturated carbocycles. The molecule has 0 radical (unpaired) electrons. The zero-order chi connectivity index (χ0) is 15.4. The number of anilines is 1. The van der Waals surface area contributed by atoms with Crippen LogP contribution < -0.4 is 10.5 Å². The predicted molar refractivity (Wildman–Crippen MR) is 78.8 cm³/mol. The van der Waals surface area contributed by atoms with Crippen molar-refractivity contribution in [3.8, 4) is 11.6 Å². The van der Waals surface area contributed by atoms with Gasteiger partial charge >= 0.3 is 5.97 Å². The van der Waals surface area contributed by atoms with E-state index in [0.29, 0.717) is 5.75 Å². The fourth-order valence-corrected chi connectivity index (χ4v) is 1.91. The topological polar surface area (TPSA) is 74.4 Å². The van der Waals surface area contributed by atoms with Gasteiger partial charge in [-0.3, -0.25) is 0 Å². The van der Waals surface area contributed by atoms with Crippen molar-refractivity contribution < 1.29 is 18.7 Å². The first kappa shape index (κ1) is 15.2. The second-order valence-electron chi connectivity index (χ2n) is 4.01. The number of hydrogen-bond donors (Lipinski definition) is 1. The maximum atomic E-state index is 13.1. The average Bonchev–Trinajstić information content (AvgIpc) is 2.45. The van der Waals surface area contributed by atoms with Crippen molar-refractivity contribution in [2.24, 2.45) is 0 Å². The Kier molecular flexibility index (Phi) is 4.74. The van der Waals surface area contributed by atoms with E-state index in [1.165, 1.54) is 30.5 Å². The number of rotatable bonds is 4. The zero-order valence-electron chi connectivity index (χ0n) is 11.1. The summed E-state index contributed by atoms with van der Waals surface area (Å²) in [5, 5.41) is 0. The van der Waals surface area contributed by atoms with Crippen LogP contribution in [0.4, 0.5) is 10.1 Å². The van der Waals surface area contributed by atoms with Crippen LogP contribution in [0, 0.1) is 5.82 Å². The molecule has 0 aliphatic rings. The third kappa shape index (κ3) is 3.69. The van der Waals surface area contributed by atoms with Crippen molar-refractivity contribution in [1.29, 1.82) is 0 Å². The molecular formula is C14H12BrFN2O3. The van der Waals surface area contributed by atoms with Gasteiger partial charge in [-0.15, -0.1) is 0 Å². The molecule has 7 heteroatoms. The van der Waals surface area contributed by atoms with Crippen molar-refractivity contribution in [2.45, 2.75) is 6.92 Å². The molecule has 2 aromatic rings. The molecule has 2 N–H and O–H groups in total. The van der Waals surface area contributed by atoms with Gasteiger partial charge in [-0.25, -0.2) is 14.2 Å². The number of carbonyl (C=O) groups is 1. The van der Waals surface area contributed by atoms with E-state index in [1.807, 2.05) is 0 Å². The van der Waals surface area contributed by atoms with E-state index in [4.69, 9.17) is 15.2 Å². The maximum absolute atomic E-state index is 13.1. The Hall–Kier alpha value is -2.15. The zero-order valence-corrected chi connectivity index (χ0v) is 12.7. The Morgan fingerprint density at radius 3 is 2.86 bits per heavy atom. The fraction of sp³-hybridized carbons (Fsp3) is 0.143. The molecule has 0 aliphatic carbocycles. The molecule has 110 valence electrons. The lowest BCUT2D eigenvalue weighted by molar-refractivity contribution is 0.0527. The molecule has 0 bridgehead atoms. The van der Waals surface area contributed by atoms with Gasteiger partial charge in [0.25, 0.3) is 0 Å². The number of benzene rings is 1. The van der Waals surface area contributed by atoms with Crippen molar-refractivity contribution in [2.75, 3.05) is 12.3 Å². The van der Waals surface area contributed by atoms with Gasteiger partial charge in [0.1, 0.15) is 11.6 Å². The molecule has 0 saturated heterocycles. The van der Waals surface area contributed by atoms with Crippen LogP contribution in [-0.2, 0) is 4.74 Å². The molecule has 5 nitrogen and oxygen atoms in total. The van der Waals surface area contributed by atoms with Gasteiger partial charge in [-0.1, -0.05) is 0 Å². The standard InChI is InChI=1S/C14H12BrFN2O3/c1-2-20-14(19)9-6-13(18-7-12(9)17)21-8-3-4-11(16)10(15)5-8/h3-7H,2,17H2,1H3. The van der Waals surface area contributed by atoms with Gasteiger partial charge in [-0.05, 0) is 41.1 Å². The van der Waals surface area contributed by atoms with Gasteiger partial charge in [0.2, 0.25) is 5.88 Å². The Labute approximate surface area is 129 Å². The highest BCUT2D eigenvalue weighted by Crippen LogP contribution is 2.27. The molecule has 0 amide bonds. The second-order valence-corrected chi connectivity index (χ2v) is 4.86. The molecule has 1 aromatic heterocycles. The summed E-state index contributed by atoms with van der Waals surface area (Å²) in [4.78, 5) is 15.7. The monoisotopic (exact) mass is 354 g/mol. The minimum absolute atomic E-state index is 0.158. The molecule has 21 heavy (non-hydrogen) atoms. The average molecular weight is 355 g/mol. The number of nitrogens with zero attached hydrogens (tertiary/aromatic N) is 1. The molecular weight excluding hydrogens is 343 g/mol. The van der Waals surface area contributed by atoms with E-state index in [9.17, 15) is 9.18 Å². The minimum atomic E-state index is -0.553. The molecule has 1 aromatic carbocycles. The summed E-state index contributed by atoms with van der Waals surface area (Å²) in [5.41, 5.74) is 6.05. The van der Waals surface area contributed by atoms with Gasteiger partial charge in [0, 0.05) is 6.07 Å². The minimum Gasteiger partial charge on any atom is -0.462 e. The number of hydrogen-bond acceptors (Lipinski definition) is 5. The van der Waals surface area contributed by atoms with Crippen LogP contribution in [0.15, 0.2) is 34.9 Å². The largest absolute Gasteiger partial charge is 0.462 e. The van der Waals surface area contributed by atoms with Crippen LogP contribution in [0.5, 0.6) is 11.6 Å². The highest BCUT2D eigenvalue weighted by atomic mass is 79.9. The molecule has 2 rings (SSSR count). The first-order valence-corrected chi connectivity index (χ1v) is 6.86. The van der Waals surface area contributed by atoms with Crippen molar-refractivity contribution in [3.63, 3.8) is 0 Å². The number of nitrogens with two attached hydrogens (primary N) is 1. The number of carbonyl (C=O) groups excluding carboxylic acids is 1. The third-order valence-electron chi connectivity index (χ3n) is 2.52. The van der Waals surface area contributed by atoms with Crippen LogP contribution in [0.25, 0.3) is 0 Å². The number of esters is 1. The number of nitrogen functional groups attached to an aromatic ring is 1. The van der Waals surface area contributed by atoms with Crippen molar-refractivity contribution >= 4 is 27.6 Å². The Morgan fingerprint density at radius 2 is 2.19 bits per heavy atom. The number of ether oxygens (including phenoxy) is 2. The maximum Gasteiger partial charge on any atom is 0.340 e. The van der Waals surface area contributed by atoms with Crippen LogP contribution in [0.3, 0.4) is 0 Å². The van der Waals surface area contributed by atoms with Crippen LogP contribution in [0.2, 0.25) is 0 Å². The van der Waals surface area contributed by atoms with E-state index in [2.05, 4.69) is 20.9 Å². The first-order valence-electron chi connectivity index (χ1n) is 6.06. The molecule has 0 atom stereocenters. The predicted octanol–water partition coefficient (Wildman–Crippen LogP) is 3.53. The molecule has 0 fully saturated rings. The summed E-state index contributed by atoms with van der Waals surface area (Å²) < 4.78 is 23.8. The van der Waals surface area contributed by atoms with E-state index in [1.54, 1.807) is 6.92 Å². The smallest absolute Gasteiger partial charge is 0.340 e. The SMILES string of the molecule is CCOC(=O)c1cc(Oc2ccc(F)c(Br)c2)ncc1N. The highest BCUT2D eigenvalue weighted by molar-refractivity contribution is 9.10. The van der Waals surface area contributed by atoms with E-state index >= 15 is 0 Å². The second kappa shape index (κ2) is 6.53. The van der Waals surface area contributed by atoms with Gasteiger partial charge < -0.3 is 15.2 Å². The van der Waals surface area contributed by atoms with E-state index in [0.717, 1.165) is 0 Å². The Balaban J connectivity index is 2.26. The highest BCUT2D eigenvalue weighted by Gasteiger charge is 2.13. The normalized spacial score (nSPS) is 10.2. The van der Waals surface area contributed by atoms with Gasteiger partial charge in [0.05, 0.1) is 28.5 Å². The number of aromatic nitrogens is 1. The summed E-state index contributed by atoms with van der Waals surface area (Å²) in [6.07, 6.45) is 1.31. The van der Waals surface area contributed by atoms with Gasteiger partial charge in [0.15, 0.2) is 0 Å². The summed E-state index contributed by atoms with van der Waals surface area (Å²) in [6, 6.07) is 5.53. The number of halogens is 2. The van der Waals surface area contributed by atoms with Gasteiger partial charge in [-0.2, -0.15) is 0 Å². The van der Waals surface area contributed by atoms with Crippen molar-refractivity contribution in [1.82, 2.24) is 4.98 Å². The molecule has 0 unspecified atom stereocenters. The van der Waals surface area contributed by atoms with Crippen LogP contribution in [0.1, 0.15) is 17.3 Å². The molecule has 0 aliphatic heterocycles. The summed E-state index contributed by atoms with van der Waals surface area (Å²) in [7, 11) is 0. The molecule has 0 spiro atoms. The quantitative estimate of drug-likeness (QED) is 0.850. The lowest BCUT2D eigenvalue weighted by Gasteiger charge is -2.09. The lowest BCUT2D eigenvalue weighted by atomic mass is 10.2.